The molecule has 3 heteroatoms. The normalized spacial score (nSPS) is 9.75. The highest BCUT2D eigenvalue weighted by atomic mass is 35.5. The van der Waals surface area contributed by atoms with Gasteiger partial charge in [-0.25, -0.2) is 0 Å². The second kappa shape index (κ2) is 7.99. The van der Waals surface area contributed by atoms with Gasteiger partial charge in [0, 0.05) is 17.4 Å². The summed E-state index contributed by atoms with van der Waals surface area (Å²) in [5.41, 5.74) is 0. The quantitative estimate of drug-likeness (QED) is 0.354. The van der Waals surface area contributed by atoms with Gasteiger partial charge >= 0.3 is 0 Å². The molecule has 0 atom stereocenters. The van der Waals surface area contributed by atoms with Crippen LogP contribution >= 0.6 is 33.2 Å². The van der Waals surface area contributed by atoms with Crippen molar-refractivity contribution < 1.29 is 0 Å². The molecule has 0 fully saturated rings. The van der Waals surface area contributed by atoms with E-state index < -0.39 is 0 Å². The first-order valence-corrected chi connectivity index (χ1v) is 5.74. The lowest BCUT2D eigenvalue weighted by Gasteiger charge is -1.92. The average Bonchev–Trinajstić information content (AvgIpc) is 1.81. The summed E-state index contributed by atoms with van der Waals surface area (Å²) in [6.07, 6.45) is 1.26. The van der Waals surface area contributed by atoms with Gasteiger partial charge in [0.2, 0.25) is 0 Å². The van der Waals surface area contributed by atoms with Crippen LogP contribution in [0.2, 0.25) is 0 Å². The lowest BCUT2D eigenvalue weighted by molar-refractivity contribution is 1.11. The van der Waals surface area contributed by atoms with Crippen molar-refractivity contribution in [2.24, 2.45) is 0 Å². The van der Waals surface area contributed by atoms with Gasteiger partial charge in [0.15, 0.2) is 0 Å². The molecule has 0 heterocycles. The van der Waals surface area contributed by atoms with E-state index >= 15 is 0 Å². The molecule has 0 bridgehead atoms. The second-order valence-corrected chi connectivity index (χ2v) is 4.41. The Morgan fingerprint density at radius 2 is 1.88 bits per heavy atom. The highest BCUT2D eigenvalue weighted by Gasteiger charge is 1.84. The number of alkyl halides is 1. The Bertz CT molecular complexity index is 35.4. The Hall–Kier alpha value is 0.990. The SMILES string of the molecule is CCCSSCCCl. The molecule has 0 amide bonds. The molecular weight excluding hydrogens is 160 g/mol. The van der Waals surface area contributed by atoms with Gasteiger partial charge in [-0.1, -0.05) is 28.5 Å². The number of rotatable bonds is 5. The lowest BCUT2D eigenvalue weighted by Crippen LogP contribution is -1.74. The fourth-order valence-corrected chi connectivity index (χ4v) is 2.66. The highest BCUT2D eigenvalue weighted by molar-refractivity contribution is 8.76. The zero-order valence-electron chi connectivity index (χ0n) is 5.02. The van der Waals surface area contributed by atoms with Crippen LogP contribution in [0, 0.1) is 0 Å². The Kier molecular flexibility index (Phi) is 8.98. The van der Waals surface area contributed by atoms with Crippen LogP contribution in [-0.2, 0) is 0 Å². The van der Waals surface area contributed by atoms with Gasteiger partial charge in [-0.05, 0) is 6.42 Å². The predicted octanol–water partition coefficient (Wildman–Crippen LogP) is 3.02. The monoisotopic (exact) mass is 170 g/mol. The van der Waals surface area contributed by atoms with Crippen LogP contribution in [0.15, 0.2) is 0 Å². The van der Waals surface area contributed by atoms with E-state index in [1.807, 2.05) is 21.6 Å². The molecule has 0 aromatic rings. The van der Waals surface area contributed by atoms with Crippen molar-refractivity contribution >= 4 is 33.2 Å². The number of hydrogen-bond donors (Lipinski definition) is 0. The van der Waals surface area contributed by atoms with E-state index in [2.05, 4.69) is 6.92 Å². The van der Waals surface area contributed by atoms with Crippen molar-refractivity contribution in [1.29, 1.82) is 0 Å². The van der Waals surface area contributed by atoms with E-state index in [4.69, 9.17) is 11.6 Å². The van der Waals surface area contributed by atoms with Crippen LogP contribution in [-0.4, -0.2) is 17.4 Å². The third kappa shape index (κ3) is 6.99. The third-order valence-corrected chi connectivity index (χ3v) is 3.56. The van der Waals surface area contributed by atoms with Crippen molar-refractivity contribution in [2.75, 3.05) is 17.4 Å². The van der Waals surface area contributed by atoms with Crippen LogP contribution in [0.4, 0.5) is 0 Å². The first-order chi connectivity index (χ1) is 3.91. The molecule has 0 radical (unpaired) electrons. The molecule has 0 rings (SSSR count). The largest absolute Gasteiger partial charge is 0.126 e. The van der Waals surface area contributed by atoms with Crippen LogP contribution in [0.5, 0.6) is 0 Å². The Labute approximate surface area is 64.1 Å². The standard InChI is InChI=1S/C5H11ClS2/c1-2-4-7-8-5-3-6/h2-5H2,1H3. The van der Waals surface area contributed by atoms with Gasteiger partial charge < -0.3 is 0 Å². The van der Waals surface area contributed by atoms with Crippen molar-refractivity contribution in [2.45, 2.75) is 13.3 Å². The fourth-order valence-electron chi connectivity index (χ4n) is 0.233. The molecule has 0 aromatic carbocycles. The summed E-state index contributed by atoms with van der Waals surface area (Å²) >= 11 is 5.45. The van der Waals surface area contributed by atoms with Gasteiger partial charge in [-0.3, -0.25) is 0 Å². The van der Waals surface area contributed by atoms with Crippen LogP contribution in [0.25, 0.3) is 0 Å². The third-order valence-electron chi connectivity index (χ3n) is 0.531. The summed E-state index contributed by atoms with van der Waals surface area (Å²) in [5, 5.41) is 0. The maximum absolute atomic E-state index is 5.45. The van der Waals surface area contributed by atoms with Gasteiger partial charge in [0.1, 0.15) is 0 Å². The summed E-state index contributed by atoms with van der Waals surface area (Å²) in [4.78, 5) is 0. The lowest BCUT2D eigenvalue weighted by atomic mass is 10.6. The molecule has 0 aromatic heterocycles. The van der Waals surface area contributed by atoms with E-state index in [1.54, 1.807) is 0 Å². The van der Waals surface area contributed by atoms with Crippen LogP contribution in [0.3, 0.4) is 0 Å². The molecule has 0 aliphatic heterocycles. The minimum Gasteiger partial charge on any atom is -0.126 e. The van der Waals surface area contributed by atoms with Crippen molar-refractivity contribution in [1.82, 2.24) is 0 Å². The molecule has 50 valence electrons. The van der Waals surface area contributed by atoms with Gasteiger partial charge in [0.25, 0.3) is 0 Å². The molecule has 0 spiro atoms. The average molecular weight is 171 g/mol. The fraction of sp³-hybridized carbons (Fsp3) is 1.00. The molecule has 0 aliphatic rings. The minimum atomic E-state index is 0.779. The number of halogens is 1. The van der Waals surface area contributed by atoms with E-state index in [9.17, 15) is 0 Å². The van der Waals surface area contributed by atoms with E-state index in [0.717, 1.165) is 11.6 Å². The van der Waals surface area contributed by atoms with Crippen LogP contribution < -0.4 is 0 Å². The first kappa shape index (κ1) is 8.99. The maximum Gasteiger partial charge on any atom is 0.0322 e. The zero-order chi connectivity index (χ0) is 6.24. The molecule has 0 saturated carbocycles. The van der Waals surface area contributed by atoms with E-state index in [1.165, 1.54) is 12.2 Å². The van der Waals surface area contributed by atoms with E-state index in [-0.39, 0.29) is 0 Å². The predicted molar refractivity (Wildman–Crippen MR) is 45.9 cm³/mol. The number of hydrogen-bond acceptors (Lipinski definition) is 2. The van der Waals surface area contributed by atoms with Gasteiger partial charge in [-0.15, -0.1) is 11.6 Å². The first-order valence-electron chi connectivity index (χ1n) is 2.72. The Morgan fingerprint density at radius 1 is 1.25 bits per heavy atom. The molecule has 8 heavy (non-hydrogen) atoms. The van der Waals surface area contributed by atoms with Crippen molar-refractivity contribution in [3.63, 3.8) is 0 Å². The zero-order valence-corrected chi connectivity index (χ0v) is 7.41. The molecule has 0 aliphatic carbocycles. The maximum atomic E-state index is 5.45. The molecule has 0 nitrogen and oxygen atoms in total. The molecular formula is C5H11ClS2. The summed E-state index contributed by atoms with van der Waals surface area (Å²) in [7, 11) is 3.77. The molecule has 0 unspecified atom stereocenters. The summed E-state index contributed by atoms with van der Waals surface area (Å²) in [5.74, 6) is 3.11. The van der Waals surface area contributed by atoms with Crippen LogP contribution in [0.1, 0.15) is 13.3 Å². The summed E-state index contributed by atoms with van der Waals surface area (Å²) in [6.45, 7) is 2.19. The second-order valence-electron chi connectivity index (χ2n) is 1.33. The Balaban J connectivity index is 2.53. The smallest absolute Gasteiger partial charge is 0.0322 e. The summed E-state index contributed by atoms with van der Waals surface area (Å²) < 4.78 is 0. The van der Waals surface area contributed by atoms with Crippen molar-refractivity contribution in [3.05, 3.63) is 0 Å². The van der Waals surface area contributed by atoms with Gasteiger partial charge in [0.05, 0.1) is 0 Å². The topological polar surface area (TPSA) is 0 Å². The minimum absolute atomic E-state index is 0.779. The van der Waals surface area contributed by atoms with E-state index in [0.29, 0.717) is 0 Å². The Morgan fingerprint density at radius 3 is 2.38 bits per heavy atom. The molecule has 0 saturated heterocycles. The van der Waals surface area contributed by atoms with Crippen molar-refractivity contribution in [3.8, 4) is 0 Å². The summed E-state index contributed by atoms with van der Waals surface area (Å²) in [6, 6.07) is 0. The van der Waals surface area contributed by atoms with Gasteiger partial charge in [-0.2, -0.15) is 0 Å². The highest BCUT2D eigenvalue weighted by Crippen LogP contribution is 2.21. The molecule has 0 N–H and O–H groups in total.